The predicted octanol–water partition coefficient (Wildman–Crippen LogP) is 1.80. The molecule has 3 aliphatic heterocycles. The van der Waals surface area contributed by atoms with Gasteiger partial charge in [0.05, 0.1) is 17.2 Å². The Morgan fingerprint density at radius 1 is 1.12 bits per heavy atom. The van der Waals surface area contributed by atoms with Crippen LogP contribution < -0.4 is 0 Å². The number of piperazine rings is 1. The number of likely N-dealkylation sites (N-methyl/N-ethyl adjacent to an activating group) is 2. The molecule has 1 unspecified atom stereocenters. The van der Waals surface area contributed by atoms with Gasteiger partial charge >= 0.3 is 0 Å². The molecule has 4 rings (SSSR count). The molecule has 0 aromatic rings. The van der Waals surface area contributed by atoms with Crippen molar-refractivity contribution < 1.29 is 0 Å². The van der Waals surface area contributed by atoms with Crippen LogP contribution in [0.15, 0.2) is 52.3 Å². The quantitative estimate of drug-likeness (QED) is 0.686. The van der Waals surface area contributed by atoms with Gasteiger partial charge in [0, 0.05) is 57.2 Å². The number of nitrogens with zero attached hydrogens (tertiary/aromatic N) is 5. The van der Waals surface area contributed by atoms with Gasteiger partial charge in [0.15, 0.2) is 0 Å². The van der Waals surface area contributed by atoms with Gasteiger partial charge in [-0.15, -0.1) is 0 Å². The second kappa shape index (κ2) is 6.29. The van der Waals surface area contributed by atoms with Gasteiger partial charge < -0.3 is 14.7 Å². The summed E-state index contributed by atoms with van der Waals surface area (Å²) < 4.78 is 0. The van der Waals surface area contributed by atoms with Gasteiger partial charge in [0.1, 0.15) is 0 Å². The maximum absolute atomic E-state index is 9.10. The number of nitriles is 1. The third-order valence-electron chi connectivity index (χ3n) is 5.85. The summed E-state index contributed by atoms with van der Waals surface area (Å²) in [6.07, 6.45) is 10.9. The number of rotatable bonds is 1. The first kappa shape index (κ1) is 16.3. The van der Waals surface area contributed by atoms with E-state index in [1.54, 1.807) is 6.08 Å². The Kier molecular flexibility index (Phi) is 4.10. The van der Waals surface area contributed by atoms with Crippen molar-refractivity contribution in [1.82, 2.24) is 14.7 Å². The normalized spacial score (nSPS) is 31.6. The van der Waals surface area contributed by atoms with Crippen LogP contribution in [0.2, 0.25) is 0 Å². The molecule has 4 aliphatic rings. The van der Waals surface area contributed by atoms with Crippen molar-refractivity contribution in [2.24, 2.45) is 10.4 Å². The lowest BCUT2D eigenvalue weighted by atomic mass is 9.69. The Labute approximate surface area is 149 Å². The predicted molar refractivity (Wildman–Crippen MR) is 100 cm³/mol. The Balaban J connectivity index is 1.80. The molecule has 1 spiro atoms. The van der Waals surface area contributed by atoms with Crippen LogP contribution >= 0.6 is 0 Å². The highest BCUT2D eigenvalue weighted by atomic mass is 15.3. The van der Waals surface area contributed by atoms with Gasteiger partial charge in [-0.2, -0.15) is 5.26 Å². The number of hydrogen-bond donors (Lipinski definition) is 0. The molecule has 5 nitrogen and oxygen atoms in total. The van der Waals surface area contributed by atoms with Gasteiger partial charge in [-0.25, -0.2) is 0 Å². The number of aliphatic imine (C=N–C) groups is 1. The highest BCUT2D eigenvalue weighted by molar-refractivity contribution is 6.05. The van der Waals surface area contributed by atoms with Crippen molar-refractivity contribution in [2.75, 3.05) is 53.4 Å². The van der Waals surface area contributed by atoms with Crippen molar-refractivity contribution >= 4 is 5.71 Å². The van der Waals surface area contributed by atoms with E-state index < -0.39 is 0 Å². The van der Waals surface area contributed by atoms with Crippen LogP contribution in [0.3, 0.4) is 0 Å². The summed E-state index contributed by atoms with van der Waals surface area (Å²) in [5.41, 5.74) is 4.98. The number of allylic oxidation sites excluding steroid dienone is 5. The SMILES string of the molecule is CN1CCN(C2=C3CN(C)CC34CC(=CC#N)C=CC4=NC=C2)CC1. The van der Waals surface area contributed by atoms with E-state index in [4.69, 9.17) is 10.3 Å². The van der Waals surface area contributed by atoms with Crippen molar-refractivity contribution in [2.45, 2.75) is 6.42 Å². The summed E-state index contributed by atoms with van der Waals surface area (Å²) in [5, 5.41) is 9.10. The molecule has 5 heteroatoms. The van der Waals surface area contributed by atoms with Crippen molar-refractivity contribution in [3.8, 4) is 6.07 Å². The molecule has 2 saturated heterocycles. The molecule has 0 amide bonds. The Morgan fingerprint density at radius 2 is 1.92 bits per heavy atom. The third-order valence-corrected chi connectivity index (χ3v) is 5.85. The number of likely N-dealkylation sites (tertiary alicyclic amines) is 1. The van der Waals surface area contributed by atoms with Crippen LogP contribution in [0.5, 0.6) is 0 Å². The average Bonchev–Trinajstić information content (AvgIpc) is 2.83. The molecular weight excluding hydrogens is 310 g/mol. The fraction of sp³-hybridized carbons (Fsp3) is 0.500. The van der Waals surface area contributed by atoms with Gasteiger partial charge in [-0.3, -0.25) is 4.99 Å². The lowest BCUT2D eigenvalue weighted by Crippen LogP contribution is -2.45. The van der Waals surface area contributed by atoms with Gasteiger partial charge in [0.25, 0.3) is 0 Å². The van der Waals surface area contributed by atoms with Crippen LogP contribution in [0, 0.1) is 16.7 Å². The monoisotopic (exact) mass is 335 g/mol. The first-order valence-electron chi connectivity index (χ1n) is 9.00. The minimum atomic E-state index is -0.0889. The van der Waals surface area contributed by atoms with E-state index in [1.807, 2.05) is 6.20 Å². The van der Waals surface area contributed by atoms with Gasteiger partial charge in [0.2, 0.25) is 0 Å². The maximum atomic E-state index is 9.10. The molecule has 1 atom stereocenters. The van der Waals surface area contributed by atoms with E-state index in [1.165, 1.54) is 11.3 Å². The topological polar surface area (TPSA) is 45.9 Å². The molecule has 0 saturated carbocycles. The molecule has 3 heterocycles. The van der Waals surface area contributed by atoms with Crippen molar-refractivity contribution in [3.05, 3.63) is 47.3 Å². The summed E-state index contributed by atoms with van der Waals surface area (Å²) >= 11 is 0. The van der Waals surface area contributed by atoms with Crippen LogP contribution in [-0.2, 0) is 0 Å². The van der Waals surface area contributed by atoms with Gasteiger partial charge in [-0.05, 0) is 43.8 Å². The molecular formula is C20H25N5. The lowest BCUT2D eigenvalue weighted by Gasteiger charge is -2.39. The fourth-order valence-electron chi connectivity index (χ4n) is 4.58. The highest BCUT2D eigenvalue weighted by Gasteiger charge is 2.48. The van der Waals surface area contributed by atoms with Crippen LogP contribution in [0.1, 0.15) is 6.42 Å². The molecule has 0 bridgehead atoms. The second-order valence-electron chi connectivity index (χ2n) is 7.60. The smallest absolute Gasteiger partial charge is 0.0914 e. The molecule has 2 fully saturated rings. The standard InChI is InChI=1S/C20H25N5/c1-23-9-11-25(12-10-23)18-6-8-22-19-4-3-16(5-7-21)13-20(19)15-24(2)14-17(18)20/h3-6,8H,9-15H2,1-2H3. The van der Waals surface area contributed by atoms with Crippen LogP contribution in [-0.4, -0.2) is 73.8 Å². The molecule has 0 radical (unpaired) electrons. The third kappa shape index (κ3) is 2.76. The van der Waals surface area contributed by atoms with E-state index >= 15 is 0 Å². The van der Waals surface area contributed by atoms with Crippen molar-refractivity contribution in [3.63, 3.8) is 0 Å². The van der Waals surface area contributed by atoms with Crippen LogP contribution in [0.4, 0.5) is 0 Å². The fourth-order valence-corrected chi connectivity index (χ4v) is 4.58. The van der Waals surface area contributed by atoms with E-state index in [2.05, 4.69) is 53.1 Å². The molecule has 130 valence electrons. The zero-order chi connectivity index (χ0) is 17.4. The molecule has 0 N–H and O–H groups in total. The molecule has 0 aromatic heterocycles. The summed E-state index contributed by atoms with van der Waals surface area (Å²) in [5.74, 6) is 0. The number of hydrogen-bond acceptors (Lipinski definition) is 5. The largest absolute Gasteiger partial charge is 0.369 e. The average molecular weight is 335 g/mol. The van der Waals surface area contributed by atoms with E-state index in [0.29, 0.717) is 0 Å². The van der Waals surface area contributed by atoms with Crippen molar-refractivity contribution in [1.29, 1.82) is 5.26 Å². The zero-order valence-corrected chi connectivity index (χ0v) is 15.1. The molecule has 0 aromatic carbocycles. The Morgan fingerprint density at radius 3 is 2.68 bits per heavy atom. The van der Waals surface area contributed by atoms with Gasteiger partial charge in [-0.1, -0.05) is 6.08 Å². The summed E-state index contributed by atoms with van der Waals surface area (Å²) in [6.45, 7) is 6.25. The molecule has 1 aliphatic carbocycles. The maximum Gasteiger partial charge on any atom is 0.0914 e. The van der Waals surface area contributed by atoms with E-state index in [0.717, 1.165) is 57.0 Å². The summed E-state index contributed by atoms with van der Waals surface area (Å²) in [6, 6.07) is 2.20. The first-order chi connectivity index (χ1) is 12.1. The highest BCUT2D eigenvalue weighted by Crippen LogP contribution is 2.47. The minimum Gasteiger partial charge on any atom is -0.369 e. The Hall–Kier alpha value is -2.16. The first-order valence-corrected chi connectivity index (χ1v) is 9.00. The summed E-state index contributed by atoms with van der Waals surface area (Å²) in [4.78, 5) is 12.1. The molecule has 25 heavy (non-hydrogen) atoms. The minimum absolute atomic E-state index is 0.0889. The Bertz CT molecular complexity index is 755. The lowest BCUT2D eigenvalue weighted by molar-refractivity contribution is 0.188. The zero-order valence-electron chi connectivity index (χ0n) is 15.1. The summed E-state index contributed by atoms with van der Waals surface area (Å²) in [7, 11) is 4.38. The van der Waals surface area contributed by atoms with E-state index in [9.17, 15) is 0 Å². The second-order valence-corrected chi connectivity index (χ2v) is 7.60. The van der Waals surface area contributed by atoms with E-state index in [-0.39, 0.29) is 5.41 Å². The van der Waals surface area contributed by atoms with Crippen LogP contribution in [0.25, 0.3) is 0 Å².